The first-order valence-corrected chi connectivity index (χ1v) is 5.98. The normalized spacial score (nSPS) is 10.6. The molecule has 0 aliphatic carbocycles. The zero-order valence-corrected chi connectivity index (χ0v) is 10.5. The topological polar surface area (TPSA) is 61.0 Å². The molecule has 0 amide bonds. The number of aryl methyl sites for hydroxylation is 1. The van der Waals surface area contributed by atoms with E-state index in [2.05, 4.69) is 9.97 Å². The zero-order chi connectivity index (χ0) is 13.2. The second-order valence-corrected chi connectivity index (χ2v) is 4.31. The Balaban J connectivity index is 1.98. The van der Waals surface area contributed by atoms with Gasteiger partial charge in [0, 0.05) is 11.1 Å². The minimum absolute atomic E-state index is 0.414. The molecule has 3 rings (SSSR count). The van der Waals surface area contributed by atoms with Gasteiger partial charge in [0.05, 0.1) is 17.4 Å². The fourth-order valence-electron chi connectivity index (χ4n) is 1.84. The van der Waals surface area contributed by atoms with Crippen molar-refractivity contribution < 1.29 is 4.74 Å². The number of benzene rings is 1. The second kappa shape index (κ2) is 4.57. The van der Waals surface area contributed by atoms with Crippen molar-refractivity contribution in [2.45, 2.75) is 6.92 Å². The molecule has 0 fully saturated rings. The molecule has 2 N–H and O–H groups in total. The molecule has 1 aromatic carbocycles. The van der Waals surface area contributed by atoms with Gasteiger partial charge in [-0.3, -0.25) is 4.98 Å². The Hall–Kier alpha value is -2.62. The molecule has 0 spiro atoms. The van der Waals surface area contributed by atoms with E-state index in [0.717, 1.165) is 16.6 Å². The lowest BCUT2D eigenvalue weighted by Gasteiger charge is -2.08. The predicted octanol–water partition coefficient (Wildman–Crippen LogP) is 3.31. The molecule has 4 heteroatoms. The molecule has 3 aromatic rings. The van der Waals surface area contributed by atoms with Gasteiger partial charge in [0.1, 0.15) is 5.75 Å². The molecular formula is C15H13N3O. The molecular weight excluding hydrogens is 238 g/mol. The van der Waals surface area contributed by atoms with E-state index in [1.165, 1.54) is 0 Å². The van der Waals surface area contributed by atoms with Gasteiger partial charge < -0.3 is 10.5 Å². The summed E-state index contributed by atoms with van der Waals surface area (Å²) in [6.07, 6.45) is 1.67. The smallest absolute Gasteiger partial charge is 0.242 e. The quantitative estimate of drug-likeness (QED) is 0.759. The molecule has 0 atom stereocenters. The molecule has 2 aromatic heterocycles. The molecule has 19 heavy (non-hydrogen) atoms. The maximum absolute atomic E-state index is 5.84. The van der Waals surface area contributed by atoms with E-state index in [9.17, 15) is 0 Å². The predicted molar refractivity (Wildman–Crippen MR) is 75.2 cm³/mol. The average Bonchev–Trinajstić information content (AvgIpc) is 2.43. The van der Waals surface area contributed by atoms with E-state index in [0.29, 0.717) is 17.3 Å². The average molecular weight is 251 g/mol. The summed E-state index contributed by atoms with van der Waals surface area (Å²) >= 11 is 0. The second-order valence-electron chi connectivity index (χ2n) is 4.31. The van der Waals surface area contributed by atoms with Gasteiger partial charge in [0.15, 0.2) is 0 Å². The molecule has 4 nitrogen and oxygen atoms in total. The number of anilines is 1. The number of nitrogen functional groups attached to an aromatic ring is 1. The van der Waals surface area contributed by atoms with Crippen LogP contribution in [0.4, 0.5) is 5.69 Å². The summed E-state index contributed by atoms with van der Waals surface area (Å²) in [7, 11) is 0. The Morgan fingerprint density at radius 3 is 2.84 bits per heavy atom. The van der Waals surface area contributed by atoms with Crippen molar-refractivity contribution in [3.05, 3.63) is 54.4 Å². The largest absolute Gasteiger partial charge is 0.435 e. The van der Waals surface area contributed by atoms with Crippen molar-refractivity contribution in [1.82, 2.24) is 9.97 Å². The third-order valence-electron chi connectivity index (χ3n) is 2.81. The molecule has 0 radical (unpaired) electrons. The van der Waals surface area contributed by atoms with E-state index < -0.39 is 0 Å². The van der Waals surface area contributed by atoms with Gasteiger partial charge in [-0.25, -0.2) is 4.98 Å². The Kier molecular flexibility index (Phi) is 2.76. The molecule has 0 unspecified atom stereocenters. The summed E-state index contributed by atoms with van der Waals surface area (Å²) < 4.78 is 5.70. The number of fused-ring (bicyclic) bond motifs is 1. The summed E-state index contributed by atoms with van der Waals surface area (Å²) in [4.78, 5) is 8.61. The van der Waals surface area contributed by atoms with E-state index in [-0.39, 0.29) is 0 Å². The van der Waals surface area contributed by atoms with E-state index in [4.69, 9.17) is 10.5 Å². The van der Waals surface area contributed by atoms with Crippen LogP contribution in [0.2, 0.25) is 0 Å². The van der Waals surface area contributed by atoms with Gasteiger partial charge in [-0.05, 0) is 31.2 Å². The van der Waals surface area contributed by atoms with Gasteiger partial charge in [0.2, 0.25) is 5.88 Å². The molecule has 0 aliphatic rings. The standard InChI is InChI=1S/C15H13N3O/c1-10-6-7-13(16)15(18-10)19-12-8-11-4-2-3-5-14(11)17-9-12/h2-9H,16H2,1H3. The lowest BCUT2D eigenvalue weighted by atomic mass is 10.2. The van der Waals surface area contributed by atoms with Crippen LogP contribution in [-0.4, -0.2) is 9.97 Å². The third-order valence-corrected chi connectivity index (χ3v) is 2.81. The molecule has 94 valence electrons. The number of nitrogens with two attached hydrogens (primary N) is 1. The van der Waals surface area contributed by atoms with Crippen molar-refractivity contribution in [3.63, 3.8) is 0 Å². The number of para-hydroxylation sites is 1. The number of aromatic nitrogens is 2. The summed E-state index contributed by atoms with van der Waals surface area (Å²) in [6.45, 7) is 1.89. The summed E-state index contributed by atoms with van der Waals surface area (Å²) in [5.74, 6) is 1.04. The van der Waals surface area contributed by atoms with Gasteiger partial charge in [-0.1, -0.05) is 18.2 Å². The Morgan fingerprint density at radius 2 is 1.95 bits per heavy atom. The first-order valence-electron chi connectivity index (χ1n) is 5.98. The first kappa shape index (κ1) is 11.5. The van der Waals surface area contributed by atoms with Crippen LogP contribution in [-0.2, 0) is 0 Å². The van der Waals surface area contributed by atoms with Crippen molar-refractivity contribution >= 4 is 16.6 Å². The van der Waals surface area contributed by atoms with Crippen LogP contribution in [0.3, 0.4) is 0 Å². The van der Waals surface area contributed by atoms with Crippen molar-refractivity contribution in [2.24, 2.45) is 0 Å². The summed E-state index contributed by atoms with van der Waals surface area (Å²) in [5.41, 5.74) is 8.14. The van der Waals surface area contributed by atoms with Crippen LogP contribution < -0.4 is 10.5 Å². The van der Waals surface area contributed by atoms with Crippen molar-refractivity contribution in [1.29, 1.82) is 0 Å². The number of nitrogens with zero attached hydrogens (tertiary/aromatic N) is 2. The number of pyridine rings is 2. The molecule has 2 heterocycles. The van der Waals surface area contributed by atoms with Crippen LogP contribution in [0.25, 0.3) is 10.9 Å². The SMILES string of the molecule is Cc1ccc(N)c(Oc2cnc3ccccc3c2)n1. The van der Waals surface area contributed by atoms with E-state index >= 15 is 0 Å². The highest BCUT2D eigenvalue weighted by Gasteiger charge is 2.05. The third kappa shape index (κ3) is 2.33. The highest BCUT2D eigenvalue weighted by atomic mass is 16.5. The van der Waals surface area contributed by atoms with Crippen LogP contribution in [0.15, 0.2) is 48.7 Å². The Bertz CT molecular complexity index is 740. The monoisotopic (exact) mass is 251 g/mol. The molecule has 0 aliphatic heterocycles. The first-order chi connectivity index (χ1) is 9.22. The Labute approximate surface area is 110 Å². The van der Waals surface area contributed by atoms with E-state index in [1.807, 2.05) is 43.3 Å². The number of rotatable bonds is 2. The van der Waals surface area contributed by atoms with Crippen LogP contribution in [0.5, 0.6) is 11.6 Å². The van der Waals surface area contributed by atoms with Crippen molar-refractivity contribution in [2.75, 3.05) is 5.73 Å². The van der Waals surface area contributed by atoms with Gasteiger partial charge in [-0.15, -0.1) is 0 Å². The van der Waals surface area contributed by atoms with Crippen molar-refractivity contribution in [3.8, 4) is 11.6 Å². The minimum atomic E-state index is 0.414. The zero-order valence-electron chi connectivity index (χ0n) is 10.5. The summed E-state index contributed by atoms with van der Waals surface area (Å²) in [6, 6.07) is 13.4. The van der Waals surface area contributed by atoms with Crippen LogP contribution in [0, 0.1) is 6.92 Å². The van der Waals surface area contributed by atoms with Crippen LogP contribution >= 0.6 is 0 Å². The van der Waals surface area contributed by atoms with Crippen LogP contribution in [0.1, 0.15) is 5.69 Å². The van der Waals surface area contributed by atoms with E-state index in [1.54, 1.807) is 12.3 Å². The highest BCUT2D eigenvalue weighted by molar-refractivity contribution is 5.79. The van der Waals surface area contributed by atoms with Gasteiger partial charge in [0.25, 0.3) is 0 Å². The lowest BCUT2D eigenvalue weighted by molar-refractivity contribution is 0.463. The summed E-state index contributed by atoms with van der Waals surface area (Å²) in [5, 5.41) is 1.02. The lowest BCUT2D eigenvalue weighted by Crippen LogP contribution is -1.96. The van der Waals surface area contributed by atoms with Gasteiger partial charge >= 0.3 is 0 Å². The fourth-order valence-corrected chi connectivity index (χ4v) is 1.84. The maximum Gasteiger partial charge on any atom is 0.242 e. The van der Waals surface area contributed by atoms with Gasteiger partial charge in [-0.2, -0.15) is 0 Å². The number of hydrogen-bond acceptors (Lipinski definition) is 4. The Morgan fingerprint density at radius 1 is 1.11 bits per heavy atom. The number of ether oxygens (including phenoxy) is 1. The minimum Gasteiger partial charge on any atom is -0.435 e. The fraction of sp³-hybridized carbons (Fsp3) is 0.0667. The highest BCUT2D eigenvalue weighted by Crippen LogP contribution is 2.26. The number of hydrogen-bond donors (Lipinski definition) is 1. The molecule has 0 saturated heterocycles. The maximum atomic E-state index is 5.84. The molecule has 0 bridgehead atoms. The molecule has 0 saturated carbocycles.